The van der Waals surface area contributed by atoms with Crippen LogP contribution in [0.4, 0.5) is 0 Å². The molecule has 5 heteroatoms. The number of carboxylic acid groups (broad SMARTS) is 1. The second kappa shape index (κ2) is 3.70. The van der Waals surface area contributed by atoms with Crippen LogP contribution in [0.5, 0.6) is 0 Å². The highest BCUT2D eigenvalue weighted by atomic mass is 16.4. The van der Waals surface area contributed by atoms with E-state index in [0.717, 1.165) is 12.8 Å². The highest BCUT2D eigenvalue weighted by molar-refractivity contribution is 5.86. The molecule has 0 aromatic heterocycles. The van der Waals surface area contributed by atoms with Gasteiger partial charge in [0.05, 0.1) is 6.10 Å². The maximum atomic E-state index is 12.2. The van der Waals surface area contributed by atoms with E-state index in [0.29, 0.717) is 11.8 Å². The molecule has 94 valence electrons. The number of rotatable bonds is 2. The van der Waals surface area contributed by atoms with Crippen molar-refractivity contribution in [3.63, 3.8) is 0 Å². The molecule has 4 atom stereocenters. The normalized spacial score (nSPS) is 43.6. The van der Waals surface area contributed by atoms with E-state index < -0.39 is 18.1 Å². The first-order valence-corrected chi connectivity index (χ1v) is 6.27. The third-order valence-corrected chi connectivity index (χ3v) is 4.44. The summed E-state index contributed by atoms with van der Waals surface area (Å²) in [6.07, 6.45) is 2.57. The van der Waals surface area contributed by atoms with E-state index in [9.17, 15) is 14.7 Å². The molecule has 3 rings (SSSR count). The number of aliphatic carboxylic acids is 1. The molecular formula is C12H17NO4. The van der Waals surface area contributed by atoms with Gasteiger partial charge in [-0.25, -0.2) is 4.79 Å². The smallest absolute Gasteiger partial charge is 0.326 e. The van der Waals surface area contributed by atoms with Crippen LogP contribution in [0.15, 0.2) is 0 Å². The lowest BCUT2D eigenvalue weighted by Gasteiger charge is -2.25. The molecule has 0 radical (unpaired) electrons. The standard InChI is InChI=1S/C12H17NO4/c14-9-4-10(12(16)17)13(5-9)11(15)8-2-6-1-7(6)3-8/h6-10,14H,1-5H2,(H,16,17)/t6?,7?,8?,9-,10+/m1/s1. The lowest BCUT2D eigenvalue weighted by Crippen LogP contribution is -2.43. The number of likely N-dealkylation sites (tertiary alicyclic amines) is 1. The number of hydrogen-bond acceptors (Lipinski definition) is 3. The summed E-state index contributed by atoms with van der Waals surface area (Å²) in [5.41, 5.74) is 0. The van der Waals surface area contributed by atoms with E-state index in [1.54, 1.807) is 0 Å². The number of amides is 1. The predicted molar refractivity (Wildman–Crippen MR) is 58.1 cm³/mol. The number of nitrogens with zero attached hydrogens (tertiary/aromatic N) is 1. The van der Waals surface area contributed by atoms with E-state index in [1.807, 2.05) is 0 Å². The van der Waals surface area contributed by atoms with Gasteiger partial charge in [0.15, 0.2) is 0 Å². The first-order chi connectivity index (χ1) is 8.06. The second-order valence-electron chi connectivity index (χ2n) is 5.66. The molecule has 1 saturated heterocycles. The predicted octanol–water partition coefficient (Wildman–Crippen LogP) is 0.0789. The van der Waals surface area contributed by atoms with Crippen LogP contribution >= 0.6 is 0 Å². The van der Waals surface area contributed by atoms with Crippen molar-refractivity contribution in [2.75, 3.05) is 6.54 Å². The largest absolute Gasteiger partial charge is 0.480 e. The molecule has 1 aliphatic heterocycles. The summed E-state index contributed by atoms with van der Waals surface area (Å²) < 4.78 is 0. The summed E-state index contributed by atoms with van der Waals surface area (Å²) in [4.78, 5) is 24.6. The Morgan fingerprint density at radius 1 is 1.06 bits per heavy atom. The van der Waals surface area contributed by atoms with Gasteiger partial charge < -0.3 is 15.1 Å². The monoisotopic (exact) mass is 239 g/mol. The number of carbonyl (C=O) groups is 2. The summed E-state index contributed by atoms with van der Waals surface area (Å²) in [6.45, 7) is 0.182. The zero-order chi connectivity index (χ0) is 12.2. The molecule has 2 unspecified atom stereocenters. The van der Waals surface area contributed by atoms with Crippen molar-refractivity contribution < 1.29 is 19.8 Å². The molecule has 0 aromatic carbocycles. The summed E-state index contributed by atoms with van der Waals surface area (Å²) in [6, 6.07) is -0.825. The van der Waals surface area contributed by atoms with Gasteiger partial charge in [0.25, 0.3) is 0 Å². The molecule has 5 nitrogen and oxygen atoms in total. The Labute approximate surface area is 99.4 Å². The Kier molecular flexibility index (Phi) is 2.40. The van der Waals surface area contributed by atoms with Crippen molar-refractivity contribution >= 4 is 11.9 Å². The highest BCUT2D eigenvalue weighted by Crippen LogP contribution is 2.54. The van der Waals surface area contributed by atoms with Crippen LogP contribution in [0, 0.1) is 17.8 Å². The summed E-state index contributed by atoms with van der Waals surface area (Å²) >= 11 is 0. The first-order valence-electron chi connectivity index (χ1n) is 6.27. The number of fused-ring (bicyclic) bond motifs is 1. The molecule has 3 fully saturated rings. The van der Waals surface area contributed by atoms with Gasteiger partial charge in [-0.2, -0.15) is 0 Å². The van der Waals surface area contributed by atoms with Gasteiger partial charge in [-0.05, 0) is 31.1 Å². The first kappa shape index (κ1) is 11.0. The average Bonchev–Trinajstić information content (AvgIpc) is 2.74. The fourth-order valence-corrected chi connectivity index (χ4v) is 3.44. The zero-order valence-corrected chi connectivity index (χ0v) is 9.58. The minimum atomic E-state index is -1.00. The molecule has 2 aliphatic carbocycles. The van der Waals surface area contributed by atoms with E-state index in [2.05, 4.69) is 0 Å². The lowest BCUT2D eigenvalue weighted by atomic mass is 10.0. The molecule has 17 heavy (non-hydrogen) atoms. The Balaban J connectivity index is 1.69. The third-order valence-electron chi connectivity index (χ3n) is 4.44. The van der Waals surface area contributed by atoms with Crippen LogP contribution < -0.4 is 0 Å². The number of hydrogen-bond donors (Lipinski definition) is 2. The van der Waals surface area contributed by atoms with Crippen molar-refractivity contribution in [1.29, 1.82) is 0 Å². The Bertz CT molecular complexity index is 360. The minimum Gasteiger partial charge on any atom is -0.480 e. The van der Waals surface area contributed by atoms with Gasteiger partial charge in [-0.15, -0.1) is 0 Å². The van der Waals surface area contributed by atoms with E-state index in [-0.39, 0.29) is 24.8 Å². The molecular weight excluding hydrogens is 222 g/mol. The van der Waals surface area contributed by atoms with Crippen molar-refractivity contribution in [3.8, 4) is 0 Å². The number of β-amino-alcohol motifs (C(OH)–C–C–N with tert-alkyl or cyclic N) is 1. The molecule has 3 aliphatic rings. The maximum absolute atomic E-state index is 12.2. The topological polar surface area (TPSA) is 77.8 Å². The van der Waals surface area contributed by atoms with E-state index >= 15 is 0 Å². The second-order valence-corrected chi connectivity index (χ2v) is 5.66. The van der Waals surface area contributed by atoms with E-state index in [4.69, 9.17) is 5.11 Å². The third kappa shape index (κ3) is 1.82. The molecule has 2 N–H and O–H groups in total. The van der Waals surface area contributed by atoms with Crippen molar-refractivity contribution in [2.24, 2.45) is 17.8 Å². The van der Waals surface area contributed by atoms with Crippen LogP contribution in [0.1, 0.15) is 25.7 Å². The van der Waals surface area contributed by atoms with Gasteiger partial charge >= 0.3 is 5.97 Å². The van der Waals surface area contributed by atoms with Crippen LogP contribution in [-0.4, -0.2) is 45.7 Å². The molecule has 0 aromatic rings. The summed E-state index contributed by atoms with van der Waals surface area (Å²) in [5, 5.41) is 18.6. The molecule has 1 amide bonds. The van der Waals surface area contributed by atoms with Crippen LogP contribution in [0.2, 0.25) is 0 Å². The molecule has 1 heterocycles. The van der Waals surface area contributed by atoms with Gasteiger partial charge in [-0.3, -0.25) is 4.79 Å². The van der Waals surface area contributed by atoms with Gasteiger partial charge in [-0.1, -0.05) is 0 Å². The maximum Gasteiger partial charge on any atom is 0.326 e. The van der Waals surface area contributed by atoms with Crippen LogP contribution in [-0.2, 0) is 9.59 Å². The number of aliphatic hydroxyl groups excluding tert-OH is 1. The fraction of sp³-hybridized carbons (Fsp3) is 0.833. The molecule has 2 saturated carbocycles. The molecule has 0 bridgehead atoms. The van der Waals surface area contributed by atoms with Crippen LogP contribution in [0.3, 0.4) is 0 Å². The Morgan fingerprint density at radius 2 is 1.71 bits per heavy atom. The summed E-state index contributed by atoms with van der Waals surface area (Å²) in [5.74, 6) is 0.365. The zero-order valence-electron chi connectivity index (χ0n) is 9.58. The quantitative estimate of drug-likeness (QED) is 0.715. The minimum absolute atomic E-state index is 0.00546. The van der Waals surface area contributed by atoms with Gasteiger partial charge in [0.1, 0.15) is 6.04 Å². The van der Waals surface area contributed by atoms with Crippen molar-refractivity contribution in [1.82, 2.24) is 4.90 Å². The highest BCUT2D eigenvalue weighted by Gasteiger charge is 2.50. The number of carboxylic acids is 1. The van der Waals surface area contributed by atoms with Gasteiger partial charge in [0.2, 0.25) is 5.91 Å². The fourth-order valence-electron chi connectivity index (χ4n) is 3.44. The Morgan fingerprint density at radius 3 is 2.29 bits per heavy atom. The van der Waals surface area contributed by atoms with Crippen molar-refractivity contribution in [2.45, 2.75) is 37.8 Å². The van der Waals surface area contributed by atoms with Crippen LogP contribution in [0.25, 0.3) is 0 Å². The lowest BCUT2D eigenvalue weighted by molar-refractivity contribution is -0.150. The number of carbonyl (C=O) groups excluding carboxylic acids is 1. The summed E-state index contributed by atoms with van der Waals surface area (Å²) in [7, 11) is 0. The van der Waals surface area contributed by atoms with E-state index in [1.165, 1.54) is 11.3 Å². The number of aliphatic hydroxyl groups is 1. The average molecular weight is 239 g/mol. The van der Waals surface area contributed by atoms with Crippen molar-refractivity contribution in [3.05, 3.63) is 0 Å². The SMILES string of the molecule is O=C(O)[C@@H]1C[C@@H](O)CN1C(=O)C1CC2CC2C1. The van der Waals surface area contributed by atoms with Gasteiger partial charge in [0, 0.05) is 18.9 Å². The Hall–Kier alpha value is -1.10. The molecule has 0 spiro atoms.